The summed E-state index contributed by atoms with van der Waals surface area (Å²) < 4.78 is 1.06. The highest BCUT2D eigenvalue weighted by Crippen LogP contribution is 2.10. The first-order valence-electron chi connectivity index (χ1n) is 4.50. The van der Waals surface area contributed by atoms with E-state index in [4.69, 9.17) is 11.6 Å². The van der Waals surface area contributed by atoms with E-state index < -0.39 is 17.3 Å². The van der Waals surface area contributed by atoms with Crippen LogP contribution in [0.25, 0.3) is 0 Å². The number of benzene rings is 1. The Morgan fingerprint density at radius 3 is 2.38 bits per heavy atom. The summed E-state index contributed by atoms with van der Waals surface area (Å²) in [5.41, 5.74) is 0.618. The molecule has 1 aromatic rings. The Morgan fingerprint density at radius 1 is 1.31 bits per heavy atom. The van der Waals surface area contributed by atoms with Gasteiger partial charge in [0.1, 0.15) is 5.38 Å². The average molecular weight is 353 g/mol. The van der Waals surface area contributed by atoms with Gasteiger partial charge in [-0.05, 0) is 53.8 Å². The van der Waals surface area contributed by atoms with E-state index in [0.717, 1.165) is 3.57 Å². The van der Waals surface area contributed by atoms with E-state index in [2.05, 4.69) is 33.2 Å². The Balaban J connectivity index is 2.52. The summed E-state index contributed by atoms with van der Waals surface area (Å²) in [6.45, 7) is 1.50. The second-order valence-corrected chi connectivity index (χ2v) is 4.97. The van der Waals surface area contributed by atoms with Crippen LogP contribution in [0.1, 0.15) is 6.92 Å². The molecule has 0 saturated carbocycles. The highest BCUT2D eigenvalue weighted by molar-refractivity contribution is 14.1. The first kappa shape index (κ1) is 13.2. The molecule has 4 nitrogen and oxygen atoms in total. The second-order valence-electron chi connectivity index (χ2n) is 3.07. The molecule has 1 atom stereocenters. The van der Waals surface area contributed by atoms with Crippen LogP contribution in [-0.4, -0.2) is 17.3 Å². The molecule has 0 radical (unpaired) electrons. The first-order chi connectivity index (χ1) is 7.49. The number of carbonyl (C=O) groups is 2. The van der Waals surface area contributed by atoms with E-state index in [1.807, 2.05) is 12.1 Å². The Hall–Kier alpha value is -0.820. The van der Waals surface area contributed by atoms with Crippen molar-refractivity contribution in [2.75, 3.05) is 5.32 Å². The molecule has 0 fully saturated rings. The van der Waals surface area contributed by atoms with Gasteiger partial charge in [0.2, 0.25) is 5.91 Å². The number of carbonyl (C=O) groups excluding carboxylic acids is 2. The van der Waals surface area contributed by atoms with E-state index in [-0.39, 0.29) is 0 Å². The number of nitrogens with one attached hydrogen (secondary N) is 2. The van der Waals surface area contributed by atoms with Crippen LogP contribution >= 0.6 is 34.2 Å². The van der Waals surface area contributed by atoms with Crippen molar-refractivity contribution in [2.24, 2.45) is 0 Å². The molecule has 0 aromatic heterocycles. The molecule has 0 aliphatic carbocycles. The highest BCUT2D eigenvalue weighted by atomic mass is 127. The SMILES string of the molecule is CC(Cl)C(=O)NC(=O)Nc1ccc(I)cc1. The Kier molecular flexibility index (Phi) is 5.01. The fourth-order valence-corrected chi connectivity index (χ4v) is 1.32. The van der Waals surface area contributed by atoms with Crippen molar-refractivity contribution >= 4 is 51.8 Å². The van der Waals surface area contributed by atoms with Gasteiger partial charge in [-0.3, -0.25) is 10.1 Å². The van der Waals surface area contributed by atoms with Gasteiger partial charge < -0.3 is 5.32 Å². The summed E-state index contributed by atoms with van der Waals surface area (Å²) in [6.07, 6.45) is 0. The average Bonchev–Trinajstić information content (AvgIpc) is 2.21. The van der Waals surface area contributed by atoms with Crippen LogP contribution in [0.3, 0.4) is 0 Å². The molecule has 3 amide bonds. The largest absolute Gasteiger partial charge is 0.325 e. The predicted molar refractivity (Wildman–Crippen MR) is 71.6 cm³/mol. The molecule has 2 N–H and O–H groups in total. The van der Waals surface area contributed by atoms with Gasteiger partial charge in [-0.15, -0.1) is 11.6 Å². The van der Waals surface area contributed by atoms with E-state index in [9.17, 15) is 9.59 Å². The molecule has 0 bridgehead atoms. The summed E-state index contributed by atoms with van der Waals surface area (Å²) in [5.74, 6) is -0.523. The summed E-state index contributed by atoms with van der Waals surface area (Å²) >= 11 is 7.66. The number of alkyl halides is 1. The molecule has 0 spiro atoms. The molecule has 1 aromatic carbocycles. The second kappa shape index (κ2) is 6.05. The van der Waals surface area contributed by atoms with E-state index in [1.165, 1.54) is 6.92 Å². The third-order valence-corrected chi connectivity index (χ3v) is 2.62. The smallest absolute Gasteiger partial charge is 0.308 e. The molecule has 16 heavy (non-hydrogen) atoms. The lowest BCUT2D eigenvalue weighted by molar-refractivity contribution is -0.119. The van der Waals surface area contributed by atoms with Crippen LogP contribution in [-0.2, 0) is 4.79 Å². The number of anilines is 1. The van der Waals surface area contributed by atoms with Crippen molar-refractivity contribution in [3.05, 3.63) is 27.8 Å². The van der Waals surface area contributed by atoms with Crippen molar-refractivity contribution in [1.82, 2.24) is 5.32 Å². The third-order valence-electron chi connectivity index (χ3n) is 1.70. The number of hydrogen-bond acceptors (Lipinski definition) is 2. The lowest BCUT2D eigenvalue weighted by Crippen LogP contribution is -2.38. The van der Waals surface area contributed by atoms with E-state index >= 15 is 0 Å². The minimum atomic E-state index is -0.734. The zero-order valence-electron chi connectivity index (χ0n) is 8.46. The van der Waals surface area contributed by atoms with Gasteiger partial charge in [0.25, 0.3) is 0 Å². The first-order valence-corrected chi connectivity index (χ1v) is 6.02. The van der Waals surface area contributed by atoms with Crippen molar-refractivity contribution in [1.29, 1.82) is 0 Å². The number of halogens is 2. The van der Waals surface area contributed by atoms with Crippen molar-refractivity contribution in [2.45, 2.75) is 12.3 Å². The minimum Gasteiger partial charge on any atom is -0.308 e. The summed E-state index contributed by atoms with van der Waals surface area (Å²) in [4.78, 5) is 22.4. The number of rotatable bonds is 2. The molecule has 0 saturated heterocycles. The van der Waals surface area contributed by atoms with Gasteiger partial charge in [-0.2, -0.15) is 0 Å². The van der Waals surface area contributed by atoms with Crippen LogP contribution in [0.4, 0.5) is 10.5 Å². The predicted octanol–water partition coefficient (Wildman–Crippen LogP) is 2.57. The van der Waals surface area contributed by atoms with Crippen molar-refractivity contribution in [3.8, 4) is 0 Å². The Morgan fingerprint density at radius 2 is 1.88 bits per heavy atom. The van der Waals surface area contributed by atoms with Crippen LogP contribution in [0.5, 0.6) is 0 Å². The number of urea groups is 1. The maximum Gasteiger partial charge on any atom is 0.325 e. The van der Waals surface area contributed by atoms with E-state index in [1.54, 1.807) is 12.1 Å². The summed E-state index contributed by atoms with van der Waals surface area (Å²) in [5, 5.41) is 3.91. The molecular formula is C10H10ClIN2O2. The number of amides is 3. The molecule has 0 aliphatic rings. The van der Waals surface area contributed by atoms with Crippen LogP contribution < -0.4 is 10.6 Å². The van der Waals surface area contributed by atoms with Crippen LogP contribution in [0, 0.1) is 3.57 Å². The summed E-state index contributed by atoms with van der Waals surface area (Å²) in [7, 11) is 0. The molecule has 0 heterocycles. The Bertz CT molecular complexity index is 392. The lowest BCUT2D eigenvalue weighted by Gasteiger charge is -2.07. The minimum absolute atomic E-state index is 0.523. The fourth-order valence-electron chi connectivity index (χ4n) is 0.907. The van der Waals surface area contributed by atoms with Gasteiger partial charge >= 0.3 is 6.03 Å². The summed E-state index contributed by atoms with van der Waals surface area (Å²) in [6, 6.07) is 6.61. The highest BCUT2D eigenvalue weighted by Gasteiger charge is 2.12. The molecule has 0 aliphatic heterocycles. The number of imide groups is 1. The normalized spacial score (nSPS) is 11.7. The molecule has 86 valence electrons. The molecule has 1 unspecified atom stereocenters. The topological polar surface area (TPSA) is 58.2 Å². The molecular weight excluding hydrogens is 342 g/mol. The monoisotopic (exact) mass is 352 g/mol. The number of hydrogen-bond donors (Lipinski definition) is 2. The van der Waals surface area contributed by atoms with Gasteiger partial charge in [-0.1, -0.05) is 0 Å². The van der Waals surface area contributed by atoms with Gasteiger partial charge in [-0.25, -0.2) is 4.79 Å². The quantitative estimate of drug-likeness (QED) is 0.635. The van der Waals surface area contributed by atoms with Gasteiger partial charge in [0.15, 0.2) is 0 Å². The molecule has 1 rings (SSSR count). The fraction of sp³-hybridized carbons (Fsp3) is 0.200. The maximum absolute atomic E-state index is 11.3. The van der Waals surface area contributed by atoms with Crippen LogP contribution in [0.2, 0.25) is 0 Å². The van der Waals surface area contributed by atoms with Gasteiger partial charge in [0.05, 0.1) is 0 Å². The standard InChI is InChI=1S/C10H10ClIN2O2/c1-6(11)9(15)14-10(16)13-8-4-2-7(12)3-5-8/h2-6H,1H3,(H2,13,14,15,16). The van der Waals surface area contributed by atoms with Crippen LogP contribution in [0.15, 0.2) is 24.3 Å². The zero-order valence-corrected chi connectivity index (χ0v) is 11.4. The third kappa shape index (κ3) is 4.36. The van der Waals surface area contributed by atoms with Gasteiger partial charge in [0, 0.05) is 9.26 Å². The van der Waals surface area contributed by atoms with Crippen molar-refractivity contribution < 1.29 is 9.59 Å². The zero-order chi connectivity index (χ0) is 12.1. The Labute approximate surface area is 112 Å². The van der Waals surface area contributed by atoms with E-state index in [0.29, 0.717) is 5.69 Å². The molecule has 6 heteroatoms. The van der Waals surface area contributed by atoms with Crippen molar-refractivity contribution in [3.63, 3.8) is 0 Å². The maximum atomic E-state index is 11.3. The lowest BCUT2D eigenvalue weighted by atomic mass is 10.3.